The molecule has 0 aliphatic carbocycles. The Hall–Kier alpha value is -0.730. The van der Waals surface area contributed by atoms with Crippen molar-refractivity contribution in [2.24, 2.45) is 5.92 Å². The molecule has 0 radical (unpaired) electrons. The molecule has 4 heteroatoms. The third kappa shape index (κ3) is 4.51. The molecule has 0 saturated carbocycles. The lowest BCUT2D eigenvalue weighted by molar-refractivity contribution is -0.121. The van der Waals surface area contributed by atoms with E-state index in [2.05, 4.69) is 19.2 Å². The minimum absolute atomic E-state index is 0.0344. The van der Waals surface area contributed by atoms with Crippen molar-refractivity contribution in [2.75, 3.05) is 0 Å². The Labute approximate surface area is 119 Å². The van der Waals surface area contributed by atoms with Gasteiger partial charge in [-0.25, -0.2) is 0 Å². The van der Waals surface area contributed by atoms with Crippen LogP contribution >= 0.6 is 23.2 Å². The van der Waals surface area contributed by atoms with Crippen LogP contribution in [0.2, 0.25) is 10.0 Å². The Balaban J connectivity index is 2.53. The van der Waals surface area contributed by atoms with Crippen molar-refractivity contribution in [3.8, 4) is 0 Å². The van der Waals surface area contributed by atoms with Crippen molar-refractivity contribution in [1.29, 1.82) is 0 Å². The number of amides is 1. The number of nitrogens with one attached hydrogen (secondary N) is 1. The summed E-state index contributed by atoms with van der Waals surface area (Å²) in [5.41, 5.74) is 0.841. The maximum atomic E-state index is 11.8. The zero-order valence-electron chi connectivity index (χ0n) is 11.0. The molecule has 0 aliphatic rings. The van der Waals surface area contributed by atoms with E-state index in [1.54, 1.807) is 18.2 Å². The predicted molar refractivity (Wildman–Crippen MR) is 77.2 cm³/mol. The maximum absolute atomic E-state index is 11.8. The molecule has 0 spiro atoms. The summed E-state index contributed by atoms with van der Waals surface area (Å²) in [4.78, 5) is 11.8. The summed E-state index contributed by atoms with van der Waals surface area (Å²) in [6, 6.07) is 5.56. The second kappa shape index (κ2) is 7.01. The highest BCUT2D eigenvalue weighted by molar-refractivity contribution is 6.36. The lowest BCUT2D eigenvalue weighted by Crippen LogP contribution is -2.36. The van der Waals surface area contributed by atoms with Crippen molar-refractivity contribution >= 4 is 29.1 Å². The van der Waals surface area contributed by atoms with E-state index in [-0.39, 0.29) is 11.9 Å². The zero-order chi connectivity index (χ0) is 13.7. The molecular formula is C14H19Cl2NO. The van der Waals surface area contributed by atoms with Crippen LogP contribution in [-0.2, 0) is 11.2 Å². The van der Waals surface area contributed by atoms with Gasteiger partial charge in [0, 0.05) is 22.5 Å². The first-order valence-electron chi connectivity index (χ1n) is 6.14. The Morgan fingerprint density at radius 2 is 1.78 bits per heavy atom. The topological polar surface area (TPSA) is 29.1 Å². The van der Waals surface area contributed by atoms with Gasteiger partial charge >= 0.3 is 0 Å². The Morgan fingerprint density at radius 1 is 1.22 bits per heavy atom. The molecule has 1 N–H and O–H groups in total. The fourth-order valence-corrected chi connectivity index (χ4v) is 2.09. The van der Waals surface area contributed by atoms with Gasteiger partial charge in [-0.3, -0.25) is 4.79 Å². The van der Waals surface area contributed by atoms with Gasteiger partial charge in [-0.2, -0.15) is 0 Å². The first-order chi connectivity index (χ1) is 8.41. The third-order valence-corrected chi connectivity index (χ3v) is 3.76. The Kier molecular flexibility index (Phi) is 5.97. The van der Waals surface area contributed by atoms with E-state index in [1.165, 1.54) is 0 Å². The minimum Gasteiger partial charge on any atom is -0.353 e. The van der Waals surface area contributed by atoms with Gasteiger partial charge in [-0.1, -0.05) is 43.1 Å². The van der Waals surface area contributed by atoms with Gasteiger partial charge in [0.1, 0.15) is 0 Å². The maximum Gasteiger partial charge on any atom is 0.220 e. The van der Waals surface area contributed by atoms with E-state index in [9.17, 15) is 4.79 Å². The lowest BCUT2D eigenvalue weighted by Gasteiger charge is -2.17. The molecule has 2 nitrogen and oxygen atoms in total. The van der Waals surface area contributed by atoms with Crippen LogP contribution in [0.3, 0.4) is 0 Å². The quantitative estimate of drug-likeness (QED) is 0.868. The highest BCUT2D eigenvalue weighted by Gasteiger charge is 2.12. The standard InChI is InChI=1S/C14H19Cl2NO/c1-9(2)10(3)17-14(18)8-7-11-12(15)5-4-6-13(11)16/h4-6,9-10H,7-8H2,1-3H3,(H,17,18)/t10-/m0/s1. The molecule has 0 aromatic heterocycles. The normalized spacial score (nSPS) is 12.6. The molecule has 1 aromatic rings. The van der Waals surface area contributed by atoms with Crippen LogP contribution in [0, 0.1) is 5.92 Å². The SMILES string of the molecule is CC(C)[C@H](C)NC(=O)CCc1c(Cl)cccc1Cl. The smallest absolute Gasteiger partial charge is 0.220 e. The average Bonchev–Trinajstić information content (AvgIpc) is 2.28. The number of hydrogen-bond donors (Lipinski definition) is 1. The van der Waals surface area contributed by atoms with Gasteiger partial charge in [-0.15, -0.1) is 0 Å². The second-order valence-corrected chi connectivity index (χ2v) is 5.61. The van der Waals surface area contributed by atoms with Crippen LogP contribution in [0.1, 0.15) is 32.8 Å². The van der Waals surface area contributed by atoms with Crippen molar-refractivity contribution in [1.82, 2.24) is 5.32 Å². The summed E-state index contributed by atoms with van der Waals surface area (Å²) in [5, 5.41) is 4.20. The van der Waals surface area contributed by atoms with Gasteiger partial charge < -0.3 is 5.32 Å². The largest absolute Gasteiger partial charge is 0.353 e. The zero-order valence-corrected chi connectivity index (χ0v) is 12.5. The van der Waals surface area contributed by atoms with E-state index in [4.69, 9.17) is 23.2 Å². The second-order valence-electron chi connectivity index (χ2n) is 4.80. The van der Waals surface area contributed by atoms with Gasteiger partial charge in [0.25, 0.3) is 0 Å². The Bertz CT molecular complexity index is 398. The van der Waals surface area contributed by atoms with E-state index in [0.29, 0.717) is 28.8 Å². The summed E-state index contributed by atoms with van der Waals surface area (Å²) in [7, 11) is 0. The van der Waals surface area contributed by atoms with Crippen LogP contribution in [0.25, 0.3) is 0 Å². The molecule has 0 bridgehead atoms. The molecular weight excluding hydrogens is 269 g/mol. The average molecular weight is 288 g/mol. The third-order valence-electron chi connectivity index (χ3n) is 3.05. The highest BCUT2D eigenvalue weighted by atomic mass is 35.5. The van der Waals surface area contributed by atoms with E-state index < -0.39 is 0 Å². The molecule has 100 valence electrons. The van der Waals surface area contributed by atoms with Crippen molar-refractivity contribution < 1.29 is 4.79 Å². The van der Waals surface area contributed by atoms with Crippen molar-refractivity contribution in [3.05, 3.63) is 33.8 Å². The Morgan fingerprint density at radius 3 is 2.28 bits per heavy atom. The van der Waals surface area contributed by atoms with Crippen LogP contribution in [0.4, 0.5) is 0 Å². The molecule has 18 heavy (non-hydrogen) atoms. The summed E-state index contributed by atoms with van der Waals surface area (Å²) < 4.78 is 0. The summed E-state index contributed by atoms with van der Waals surface area (Å²) in [6.45, 7) is 6.16. The van der Waals surface area contributed by atoms with Crippen LogP contribution in [0.15, 0.2) is 18.2 Å². The fraction of sp³-hybridized carbons (Fsp3) is 0.500. The van der Waals surface area contributed by atoms with Crippen molar-refractivity contribution in [3.63, 3.8) is 0 Å². The first kappa shape index (κ1) is 15.3. The summed E-state index contributed by atoms with van der Waals surface area (Å²) >= 11 is 12.1. The molecule has 1 aromatic carbocycles. The lowest BCUT2D eigenvalue weighted by atomic mass is 10.1. The van der Waals surface area contributed by atoms with Crippen LogP contribution in [-0.4, -0.2) is 11.9 Å². The van der Waals surface area contributed by atoms with Gasteiger partial charge in [-0.05, 0) is 37.0 Å². The fourth-order valence-electron chi connectivity index (χ4n) is 1.50. The number of rotatable bonds is 5. The van der Waals surface area contributed by atoms with E-state index in [0.717, 1.165) is 5.56 Å². The van der Waals surface area contributed by atoms with Crippen molar-refractivity contribution in [2.45, 2.75) is 39.7 Å². The molecule has 0 saturated heterocycles. The number of hydrogen-bond acceptors (Lipinski definition) is 1. The van der Waals surface area contributed by atoms with E-state index in [1.807, 2.05) is 6.92 Å². The van der Waals surface area contributed by atoms with Crippen LogP contribution in [0.5, 0.6) is 0 Å². The molecule has 0 fully saturated rings. The predicted octanol–water partition coefficient (Wildman–Crippen LogP) is 4.09. The number of carbonyl (C=O) groups excluding carboxylic acids is 1. The van der Waals surface area contributed by atoms with Gasteiger partial charge in [0.15, 0.2) is 0 Å². The number of halogens is 2. The van der Waals surface area contributed by atoms with Crippen LogP contribution < -0.4 is 5.32 Å². The first-order valence-corrected chi connectivity index (χ1v) is 6.89. The molecule has 0 aliphatic heterocycles. The molecule has 1 atom stereocenters. The molecule has 1 amide bonds. The summed E-state index contributed by atoms with van der Waals surface area (Å²) in [6.07, 6.45) is 0.968. The number of benzene rings is 1. The summed E-state index contributed by atoms with van der Waals surface area (Å²) in [5.74, 6) is 0.463. The molecule has 0 heterocycles. The van der Waals surface area contributed by atoms with E-state index >= 15 is 0 Å². The van der Waals surface area contributed by atoms with Gasteiger partial charge in [0.2, 0.25) is 5.91 Å². The highest BCUT2D eigenvalue weighted by Crippen LogP contribution is 2.25. The molecule has 0 unspecified atom stereocenters. The van der Waals surface area contributed by atoms with Gasteiger partial charge in [0.05, 0.1) is 0 Å². The minimum atomic E-state index is 0.0344. The number of carbonyl (C=O) groups is 1. The molecule has 1 rings (SSSR count). The monoisotopic (exact) mass is 287 g/mol.